The van der Waals surface area contributed by atoms with Crippen LogP contribution in [0.1, 0.15) is 0 Å². The average molecular weight is 941 g/mol. The number of nitrogens with zero attached hydrogens (tertiary/aromatic N) is 7. The van der Waals surface area contributed by atoms with Crippen molar-refractivity contribution in [3.8, 4) is 5.75 Å². The summed E-state index contributed by atoms with van der Waals surface area (Å²) in [4.78, 5) is 7.42. The third kappa shape index (κ3) is 12.2. The number of hydrogen-bond acceptors (Lipinski definition) is 21. The van der Waals surface area contributed by atoms with E-state index in [9.17, 15) is 52.4 Å². The number of fused-ring (bicyclic) bond motifs is 1. The fourth-order valence-electron chi connectivity index (χ4n) is 4.67. The predicted molar refractivity (Wildman–Crippen MR) is 191 cm³/mol. The summed E-state index contributed by atoms with van der Waals surface area (Å²) in [6.45, 7) is 3.37. The first-order chi connectivity index (χ1) is 25.5. The van der Waals surface area contributed by atoms with Crippen LogP contribution in [0.2, 0.25) is 10.6 Å². The number of halogens is 2. The Kier molecular flexibility index (Phi) is 18.0. The molecule has 1 heterocycles. The molecule has 288 valence electrons. The molecular weight excluding hydrogens is 923 g/mol. The largest absolute Gasteiger partial charge is 1.00 e. The number of benzene rings is 4. The van der Waals surface area contributed by atoms with Gasteiger partial charge in [-0.1, -0.05) is 6.08 Å². The van der Waals surface area contributed by atoms with Gasteiger partial charge in [-0.15, -0.1) is 21.9 Å². The maximum Gasteiger partial charge on any atom is 1.00 e. The first kappa shape index (κ1) is 51.9. The number of sulfone groups is 1. The fraction of sp³-hybridized carbons (Fsp3) is 0.0357. The first-order valence-electron chi connectivity index (χ1n) is 14.2. The Bertz CT molecular complexity index is 2930. The van der Waals surface area contributed by atoms with Crippen molar-refractivity contribution in [1.82, 2.24) is 15.0 Å². The number of aromatic nitrogens is 3. The van der Waals surface area contributed by atoms with Gasteiger partial charge in [0.05, 0.1) is 42.1 Å². The van der Waals surface area contributed by atoms with Gasteiger partial charge in [-0.05, 0) is 83.2 Å². The van der Waals surface area contributed by atoms with E-state index in [4.69, 9.17) is 28.9 Å². The minimum Gasteiger partial charge on any atom is -0.744 e. The van der Waals surface area contributed by atoms with Crippen molar-refractivity contribution in [1.29, 1.82) is 0 Å². The van der Waals surface area contributed by atoms with Gasteiger partial charge in [-0.2, -0.15) is 20.1 Å². The summed E-state index contributed by atoms with van der Waals surface area (Å²) < 4.78 is 135. The van der Waals surface area contributed by atoms with Gasteiger partial charge in [-0.3, -0.25) is 0 Å². The van der Waals surface area contributed by atoms with Crippen LogP contribution in [0, 0.1) is 0 Å². The first-order valence-corrected chi connectivity index (χ1v) is 20.9. The van der Waals surface area contributed by atoms with Crippen LogP contribution in [0.3, 0.4) is 0 Å². The number of anilines is 3. The smallest absolute Gasteiger partial charge is 0.744 e. The predicted octanol–water partition coefficient (Wildman–Crippen LogP) is -4.12. The molecule has 0 unspecified atom stereocenters. The van der Waals surface area contributed by atoms with Crippen molar-refractivity contribution in [3.63, 3.8) is 0 Å². The third-order valence-corrected chi connectivity index (χ3v) is 11.6. The second-order valence-electron chi connectivity index (χ2n) is 10.6. The number of azo groups is 2. The number of phenolic OH excluding ortho intramolecular Hbond substituents is 1. The van der Waals surface area contributed by atoms with E-state index >= 15 is 0 Å². The molecule has 0 radical (unpaired) electrons. The van der Waals surface area contributed by atoms with Crippen LogP contribution in [-0.2, 0) is 40.2 Å². The van der Waals surface area contributed by atoms with Crippen LogP contribution in [0.25, 0.3) is 10.8 Å². The number of nitrogens with two attached hydrogens (primary N) is 1. The van der Waals surface area contributed by atoms with Gasteiger partial charge in [0, 0.05) is 5.69 Å². The Morgan fingerprint density at radius 3 is 1.76 bits per heavy atom. The maximum atomic E-state index is 12.4. The summed E-state index contributed by atoms with van der Waals surface area (Å²) >= 11 is 11.5. The zero-order chi connectivity index (χ0) is 40.7. The van der Waals surface area contributed by atoms with Crippen LogP contribution in [0.4, 0.5) is 40.1 Å². The molecule has 21 nitrogen and oxygen atoms in total. The van der Waals surface area contributed by atoms with Crippen LogP contribution >= 0.6 is 23.2 Å². The molecule has 0 aliphatic heterocycles. The average Bonchev–Trinajstić information content (AvgIpc) is 3.05. The molecule has 0 spiro atoms. The van der Waals surface area contributed by atoms with Gasteiger partial charge in [0.1, 0.15) is 47.4 Å². The fourth-order valence-corrected chi connectivity index (χ4v) is 7.98. The molecule has 0 atom stereocenters. The number of nitrogens with one attached hydrogen (secondary N) is 1. The molecule has 4 N–H and O–H groups in total. The van der Waals surface area contributed by atoms with Gasteiger partial charge in [0.15, 0.2) is 15.6 Å². The van der Waals surface area contributed by atoms with Gasteiger partial charge < -0.3 is 29.8 Å². The molecule has 0 saturated heterocycles. The van der Waals surface area contributed by atoms with Gasteiger partial charge in [0.25, 0.3) is 0 Å². The molecule has 0 fully saturated rings. The topological polar surface area (TPSA) is 352 Å². The van der Waals surface area contributed by atoms with E-state index in [0.717, 1.165) is 30.3 Å². The molecule has 30 heteroatoms. The second-order valence-corrected chi connectivity index (χ2v) is 17.4. The SMILES string of the molecule is C=CCS(=O)(=O)c1ccc(N=Nc2c(S(=O)(=O)[O-])cc3cc(S(=O)(=O)[O-])c(N=Nc4cc(Nc5nc(Cl)nc(Cl)n5)ccc4S(=O)(=O)[O-])c(O)c3c2N)cc1.[Na+].[Na+].[Na+]. The van der Waals surface area contributed by atoms with E-state index < -0.39 is 94.1 Å². The molecule has 0 saturated carbocycles. The molecular formula is C28H18Cl2N9Na3O12S4. The Balaban J connectivity index is 0.00000387. The summed E-state index contributed by atoms with van der Waals surface area (Å²) in [5, 5.41) is 26.6. The molecule has 58 heavy (non-hydrogen) atoms. The third-order valence-electron chi connectivity index (χ3n) is 6.97. The summed E-state index contributed by atoms with van der Waals surface area (Å²) in [7, 11) is -20.2. The van der Waals surface area contributed by atoms with Crippen LogP contribution < -0.4 is 99.7 Å². The molecule has 4 aromatic carbocycles. The van der Waals surface area contributed by atoms with Crippen molar-refractivity contribution < 1.29 is 141 Å². The second kappa shape index (κ2) is 20.1. The monoisotopic (exact) mass is 939 g/mol. The number of phenols is 1. The Hall–Kier alpha value is -2.25. The summed E-state index contributed by atoms with van der Waals surface area (Å²) in [6, 6.07) is 8.43. The van der Waals surface area contributed by atoms with Gasteiger partial charge >= 0.3 is 88.7 Å². The molecule has 0 aliphatic rings. The van der Waals surface area contributed by atoms with E-state index in [1.54, 1.807) is 0 Å². The van der Waals surface area contributed by atoms with Crippen molar-refractivity contribution in [2.75, 3.05) is 16.8 Å². The van der Waals surface area contributed by atoms with E-state index in [1.165, 1.54) is 18.2 Å². The standard InChI is InChI=1S/C28H21Cl2N9O12S4.3Na/c1-2-9-52(41,42)16-6-3-14(4-7-16)36-38-23-19(54(46,47)48)10-13-11-20(55(49,50)51)24(25(40)21(13)22(23)31)39-37-17-12-15(5-8-18(17)53(43,44)45)32-28-34-26(29)33-27(30)35-28;;;/h2-8,10-12,40H,1,9,31H2,(H,43,44,45)(H,46,47,48)(H,49,50,51)(H,32,33,34,35);;;/q;3*+1/p-3. The normalized spacial score (nSPS) is 12.2. The molecule has 5 rings (SSSR count). The molecule has 1 aromatic heterocycles. The summed E-state index contributed by atoms with van der Waals surface area (Å²) in [5.74, 6) is -1.89. The van der Waals surface area contributed by atoms with Crippen molar-refractivity contribution in [2.24, 2.45) is 20.5 Å². The van der Waals surface area contributed by atoms with Gasteiger partial charge in [0.2, 0.25) is 16.5 Å². The van der Waals surface area contributed by atoms with E-state index in [1.807, 2.05) is 0 Å². The zero-order valence-electron chi connectivity index (χ0n) is 29.7. The van der Waals surface area contributed by atoms with Gasteiger partial charge in [-0.25, -0.2) is 33.7 Å². The molecule has 0 amide bonds. The van der Waals surface area contributed by atoms with Crippen molar-refractivity contribution in [2.45, 2.75) is 19.6 Å². The quantitative estimate of drug-likeness (QED) is 0.0352. The number of nitrogen functional groups attached to an aromatic ring is 1. The Labute approximate surface area is 405 Å². The number of hydrogen-bond donors (Lipinski definition) is 3. The van der Waals surface area contributed by atoms with Crippen molar-refractivity contribution >= 4 is 114 Å². The molecule has 0 bridgehead atoms. The Morgan fingerprint density at radius 1 is 0.724 bits per heavy atom. The van der Waals surface area contributed by atoms with Crippen molar-refractivity contribution in [3.05, 3.63) is 77.8 Å². The minimum atomic E-state index is -5.64. The number of aromatic hydroxyl groups is 1. The molecule has 0 aliphatic carbocycles. The summed E-state index contributed by atoms with van der Waals surface area (Å²) in [6.07, 6.45) is 1.17. The van der Waals surface area contributed by atoms with E-state index in [0.29, 0.717) is 12.1 Å². The number of rotatable bonds is 12. The zero-order valence-corrected chi connectivity index (χ0v) is 40.5. The van der Waals surface area contributed by atoms with E-state index in [2.05, 4.69) is 47.3 Å². The van der Waals surface area contributed by atoms with Crippen LogP contribution in [0.15, 0.2) is 107 Å². The van der Waals surface area contributed by atoms with E-state index in [-0.39, 0.29) is 127 Å². The van der Waals surface area contributed by atoms with Crippen LogP contribution in [-0.4, -0.2) is 73.1 Å². The molecule has 5 aromatic rings. The Morgan fingerprint density at radius 2 is 1.24 bits per heavy atom. The minimum absolute atomic E-state index is 0. The maximum absolute atomic E-state index is 12.4. The summed E-state index contributed by atoms with van der Waals surface area (Å²) in [5.41, 5.74) is 2.38. The van der Waals surface area contributed by atoms with Crippen LogP contribution in [0.5, 0.6) is 5.75 Å².